The van der Waals surface area contributed by atoms with E-state index in [-0.39, 0.29) is 11.1 Å². The Hall–Kier alpha value is -2.22. The van der Waals surface area contributed by atoms with Crippen LogP contribution in [0, 0.1) is 0 Å². The van der Waals surface area contributed by atoms with Crippen molar-refractivity contribution in [2.45, 2.75) is 30.2 Å². The van der Waals surface area contributed by atoms with E-state index in [1.54, 1.807) is 0 Å². The number of rotatable bonds is 6. The van der Waals surface area contributed by atoms with Crippen molar-refractivity contribution in [1.82, 2.24) is 20.1 Å². The predicted molar refractivity (Wildman–Crippen MR) is 85.5 cm³/mol. The number of hydrogen-bond acceptors (Lipinski definition) is 5. The largest absolute Gasteiger partial charge is 0.354 e. The molecular formula is C15H20N4O3S. The summed E-state index contributed by atoms with van der Waals surface area (Å²) in [6.45, 7) is 3.69. The van der Waals surface area contributed by atoms with E-state index in [0.717, 1.165) is 5.56 Å². The number of benzene rings is 1. The minimum absolute atomic E-state index is 0.0879. The monoisotopic (exact) mass is 336 g/mol. The Labute approximate surface area is 135 Å². The Morgan fingerprint density at radius 2 is 1.91 bits per heavy atom. The second-order valence-corrected chi connectivity index (χ2v) is 7.63. The Balaban J connectivity index is 2.02. The molecule has 0 fully saturated rings. The van der Waals surface area contributed by atoms with Gasteiger partial charge in [0.1, 0.15) is 11.6 Å². The van der Waals surface area contributed by atoms with Crippen LogP contribution in [0.5, 0.6) is 0 Å². The predicted octanol–water partition coefficient (Wildman–Crippen LogP) is 0.897. The van der Waals surface area contributed by atoms with Crippen LogP contribution in [0.3, 0.4) is 0 Å². The van der Waals surface area contributed by atoms with Gasteiger partial charge in [0.15, 0.2) is 0 Å². The number of nitrogens with zero attached hydrogens (tertiary/aromatic N) is 3. The van der Waals surface area contributed by atoms with Crippen molar-refractivity contribution in [2.24, 2.45) is 7.05 Å². The van der Waals surface area contributed by atoms with Gasteiger partial charge in [0, 0.05) is 13.6 Å². The highest BCUT2D eigenvalue weighted by Gasteiger charge is 2.33. The topological polar surface area (TPSA) is 93.9 Å². The van der Waals surface area contributed by atoms with E-state index in [9.17, 15) is 13.2 Å². The summed E-state index contributed by atoms with van der Waals surface area (Å²) in [6, 6.07) is 9.71. The highest BCUT2D eigenvalue weighted by atomic mass is 32.2. The van der Waals surface area contributed by atoms with Gasteiger partial charge in [0.25, 0.3) is 0 Å². The third-order valence-corrected chi connectivity index (χ3v) is 5.73. The van der Waals surface area contributed by atoms with Crippen LogP contribution in [-0.4, -0.2) is 40.9 Å². The average molecular weight is 336 g/mol. The van der Waals surface area contributed by atoms with Gasteiger partial charge in [-0.25, -0.2) is 8.42 Å². The van der Waals surface area contributed by atoms with Crippen molar-refractivity contribution < 1.29 is 13.2 Å². The summed E-state index contributed by atoms with van der Waals surface area (Å²) in [7, 11) is -2.34. The van der Waals surface area contributed by atoms with Gasteiger partial charge in [-0.15, -0.1) is 10.2 Å². The Bertz CT molecular complexity index is 771. The van der Waals surface area contributed by atoms with Crippen LogP contribution >= 0.6 is 0 Å². The molecule has 1 N–H and O–H groups in total. The number of aryl methyl sites for hydroxylation is 1. The Morgan fingerprint density at radius 3 is 2.48 bits per heavy atom. The number of carbonyl (C=O) groups excluding carboxylic acids is 1. The van der Waals surface area contributed by atoms with Crippen molar-refractivity contribution in [3.63, 3.8) is 0 Å². The van der Waals surface area contributed by atoms with Crippen molar-refractivity contribution in [3.8, 4) is 0 Å². The van der Waals surface area contributed by atoms with Crippen LogP contribution in [0.15, 0.2) is 41.8 Å². The van der Waals surface area contributed by atoms with Crippen LogP contribution in [-0.2, 0) is 21.7 Å². The fraction of sp³-hybridized carbons (Fsp3) is 0.400. The quantitative estimate of drug-likeness (QED) is 0.846. The van der Waals surface area contributed by atoms with Crippen LogP contribution in [0.25, 0.3) is 0 Å². The molecule has 0 saturated heterocycles. The first-order valence-corrected chi connectivity index (χ1v) is 8.79. The highest BCUT2D eigenvalue weighted by molar-refractivity contribution is 7.92. The van der Waals surface area contributed by atoms with E-state index in [0.29, 0.717) is 6.54 Å². The molecule has 0 aliphatic carbocycles. The average Bonchev–Trinajstić information content (AvgIpc) is 2.99. The molecule has 0 radical (unpaired) electrons. The standard InChI is InChI=1S/C15H20N4O3S/c1-11(13-7-5-4-6-8-13)9-16-14(20)12(2)23(21,22)15-18-17-10-19(15)3/h4-8,10-12H,9H2,1-3H3,(H,16,20)/t11-,12-/m1/s1. The van der Waals surface area contributed by atoms with E-state index in [4.69, 9.17) is 0 Å². The molecule has 2 atom stereocenters. The number of sulfone groups is 1. The maximum absolute atomic E-state index is 12.4. The van der Waals surface area contributed by atoms with Gasteiger partial charge in [-0.1, -0.05) is 37.3 Å². The highest BCUT2D eigenvalue weighted by Crippen LogP contribution is 2.15. The summed E-state index contributed by atoms with van der Waals surface area (Å²) < 4.78 is 26.1. The molecule has 0 aliphatic heterocycles. The fourth-order valence-corrected chi connectivity index (χ4v) is 3.42. The lowest BCUT2D eigenvalue weighted by molar-refractivity contribution is -0.120. The number of amides is 1. The molecule has 1 aromatic carbocycles. The van der Waals surface area contributed by atoms with E-state index in [2.05, 4.69) is 15.5 Å². The second kappa shape index (κ2) is 6.91. The molecule has 0 bridgehead atoms. The molecule has 1 aromatic heterocycles. The lowest BCUT2D eigenvalue weighted by Gasteiger charge is -2.16. The van der Waals surface area contributed by atoms with Crippen molar-refractivity contribution in [3.05, 3.63) is 42.2 Å². The van der Waals surface area contributed by atoms with Crippen LogP contribution in [0.4, 0.5) is 0 Å². The molecule has 2 aromatic rings. The summed E-state index contributed by atoms with van der Waals surface area (Å²) >= 11 is 0. The van der Waals surface area contributed by atoms with E-state index < -0.39 is 21.0 Å². The van der Waals surface area contributed by atoms with Crippen LogP contribution in [0.2, 0.25) is 0 Å². The van der Waals surface area contributed by atoms with E-state index in [1.807, 2.05) is 37.3 Å². The fourth-order valence-electron chi connectivity index (χ4n) is 2.13. The lowest BCUT2D eigenvalue weighted by atomic mass is 10.0. The Morgan fingerprint density at radius 1 is 1.26 bits per heavy atom. The maximum atomic E-state index is 12.4. The van der Waals surface area contributed by atoms with Gasteiger partial charge in [0.05, 0.1) is 0 Å². The van der Waals surface area contributed by atoms with Crippen molar-refractivity contribution in [1.29, 1.82) is 0 Å². The van der Waals surface area contributed by atoms with Gasteiger partial charge in [-0.2, -0.15) is 0 Å². The molecule has 124 valence electrons. The molecule has 1 heterocycles. The van der Waals surface area contributed by atoms with Gasteiger partial charge in [-0.3, -0.25) is 4.79 Å². The number of carbonyl (C=O) groups is 1. The Kier molecular flexibility index (Phi) is 5.15. The first-order chi connectivity index (χ1) is 10.8. The summed E-state index contributed by atoms with van der Waals surface area (Å²) in [5.74, 6) is -0.458. The first kappa shape index (κ1) is 17.1. The number of hydrogen-bond donors (Lipinski definition) is 1. The number of nitrogens with one attached hydrogen (secondary N) is 1. The molecule has 0 aliphatic rings. The third-order valence-electron chi connectivity index (χ3n) is 3.71. The normalized spacial score (nSPS) is 14.2. The summed E-state index contributed by atoms with van der Waals surface area (Å²) in [5, 5.41) is 8.38. The first-order valence-electron chi connectivity index (χ1n) is 7.24. The zero-order chi connectivity index (χ0) is 17.0. The summed E-state index contributed by atoms with van der Waals surface area (Å²) in [5.41, 5.74) is 1.08. The van der Waals surface area contributed by atoms with Gasteiger partial charge < -0.3 is 9.88 Å². The van der Waals surface area contributed by atoms with E-state index in [1.165, 1.54) is 24.9 Å². The summed E-state index contributed by atoms with van der Waals surface area (Å²) in [4.78, 5) is 12.2. The maximum Gasteiger partial charge on any atom is 0.250 e. The molecule has 23 heavy (non-hydrogen) atoms. The second-order valence-electron chi connectivity index (χ2n) is 5.47. The van der Waals surface area contributed by atoms with Gasteiger partial charge in [-0.05, 0) is 18.4 Å². The molecule has 2 rings (SSSR count). The van der Waals surface area contributed by atoms with E-state index >= 15 is 0 Å². The molecule has 7 nitrogen and oxygen atoms in total. The van der Waals surface area contributed by atoms with Gasteiger partial charge in [0.2, 0.25) is 20.9 Å². The summed E-state index contributed by atoms with van der Waals surface area (Å²) in [6.07, 6.45) is 1.29. The molecule has 1 amide bonds. The molecule has 8 heteroatoms. The molecule has 0 saturated carbocycles. The molecular weight excluding hydrogens is 316 g/mol. The minimum Gasteiger partial charge on any atom is -0.354 e. The van der Waals surface area contributed by atoms with Gasteiger partial charge >= 0.3 is 0 Å². The smallest absolute Gasteiger partial charge is 0.250 e. The zero-order valence-corrected chi connectivity index (χ0v) is 14.1. The number of aromatic nitrogens is 3. The lowest BCUT2D eigenvalue weighted by Crippen LogP contribution is -2.40. The van der Waals surface area contributed by atoms with Crippen LogP contribution < -0.4 is 5.32 Å². The minimum atomic E-state index is -3.86. The third kappa shape index (κ3) is 3.76. The molecule has 0 spiro atoms. The van der Waals surface area contributed by atoms with Crippen molar-refractivity contribution in [2.75, 3.05) is 6.54 Å². The van der Waals surface area contributed by atoms with Crippen molar-refractivity contribution >= 4 is 15.7 Å². The molecule has 0 unspecified atom stereocenters. The van der Waals surface area contributed by atoms with Crippen LogP contribution in [0.1, 0.15) is 25.3 Å². The SMILES string of the molecule is C[C@H](CNC(=O)[C@@H](C)S(=O)(=O)c1nncn1C)c1ccccc1. The zero-order valence-electron chi connectivity index (χ0n) is 13.3.